The summed E-state index contributed by atoms with van der Waals surface area (Å²) in [6, 6.07) is 9.79. The van der Waals surface area contributed by atoms with Gasteiger partial charge in [-0.1, -0.05) is 45.0 Å². The lowest BCUT2D eigenvalue weighted by Crippen LogP contribution is -2.29. The third-order valence-corrected chi connectivity index (χ3v) is 5.39. The van der Waals surface area contributed by atoms with Gasteiger partial charge in [-0.25, -0.2) is 9.50 Å². The van der Waals surface area contributed by atoms with E-state index >= 15 is 0 Å². The van der Waals surface area contributed by atoms with Gasteiger partial charge in [-0.3, -0.25) is 9.59 Å². The summed E-state index contributed by atoms with van der Waals surface area (Å²) in [6.07, 6.45) is 1.28. The molecule has 0 spiro atoms. The Kier molecular flexibility index (Phi) is 5.78. The number of carbonyl (C=O) groups excluding carboxylic acids is 1. The van der Waals surface area contributed by atoms with E-state index in [1.165, 1.54) is 34.2 Å². The molecule has 0 radical (unpaired) electrons. The van der Waals surface area contributed by atoms with Crippen LogP contribution in [0.15, 0.2) is 41.7 Å². The Balaban J connectivity index is 1.82. The van der Waals surface area contributed by atoms with Crippen molar-refractivity contribution < 1.29 is 19.8 Å². The minimum Gasteiger partial charge on any atom is -0.507 e. The number of aromatic hydroxyl groups is 1. The molecule has 3 rings (SSSR count). The van der Waals surface area contributed by atoms with Gasteiger partial charge in [-0.15, -0.1) is 11.8 Å². The van der Waals surface area contributed by atoms with E-state index in [1.54, 1.807) is 0 Å². The van der Waals surface area contributed by atoms with Crippen molar-refractivity contribution in [3.8, 4) is 5.75 Å². The first-order valence-corrected chi connectivity index (χ1v) is 9.93. The number of nitrogens with one attached hydrogen (secondary N) is 1. The quantitative estimate of drug-likeness (QED) is 0.531. The van der Waals surface area contributed by atoms with Gasteiger partial charge in [0.25, 0.3) is 5.91 Å². The molecule has 0 saturated heterocycles. The summed E-state index contributed by atoms with van der Waals surface area (Å²) in [5, 5.41) is 26.1. The van der Waals surface area contributed by atoms with Crippen LogP contribution in [0.3, 0.4) is 0 Å². The first-order valence-electron chi connectivity index (χ1n) is 8.94. The zero-order chi connectivity index (χ0) is 21.2. The molecular weight excluding hydrogens is 392 g/mol. The Labute approximate surface area is 172 Å². The smallest absolute Gasteiger partial charge is 0.322 e. The molecule has 0 aliphatic carbocycles. The van der Waals surface area contributed by atoms with Crippen LogP contribution in [0.5, 0.6) is 5.75 Å². The van der Waals surface area contributed by atoms with E-state index in [0.717, 1.165) is 5.56 Å². The molecule has 0 fully saturated rings. The molecule has 1 amide bonds. The fourth-order valence-electron chi connectivity index (χ4n) is 2.76. The number of pyridine rings is 1. The second-order valence-corrected chi connectivity index (χ2v) is 8.55. The highest BCUT2D eigenvalue weighted by Crippen LogP contribution is 2.31. The summed E-state index contributed by atoms with van der Waals surface area (Å²) in [4.78, 5) is 27.0. The minimum atomic E-state index is -1.18. The van der Waals surface area contributed by atoms with Gasteiger partial charge in [-0.05, 0) is 16.5 Å². The monoisotopic (exact) mass is 414 g/mol. The van der Waals surface area contributed by atoms with Gasteiger partial charge in [0.15, 0.2) is 5.65 Å². The number of nitrogens with zero attached hydrogens (tertiary/aromatic N) is 3. The number of carboxylic acid groups (broad SMARTS) is 1. The molecule has 29 heavy (non-hydrogen) atoms. The molecule has 3 N–H and O–H groups in total. The lowest BCUT2D eigenvalue weighted by Gasteiger charge is -2.19. The summed E-state index contributed by atoms with van der Waals surface area (Å²) < 4.78 is 1.46. The van der Waals surface area contributed by atoms with Crippen molar-refractivity contribution in [2.24, 2.45) is 0 Å². The van der Waals surface area contributed by atoms with Crippen LogP contribution in [0.2, 0.25) is 0 Å². The first kappa shape index (κ1) is 20.7. The van der Waals surface area contributed by atoms with E-state index in [2.05, 4.69) is 60.4 Å². The van der Waals surface area contributed by atoms with Crippen molar-refractivity contribution in [2.75, 3.05) is 6.54 Å². The van der Waals surface area contributed by atoms with Crippen LogP contribution in [0.1, 0.15) is 42.3 Å². The highest BCUT2D eigenvalue weighted by Gasteiger charge is 2.21. The van der Waals surface area contributed by atoms with E-state index in [-0.39, 0.29) is 22.4 Å². The van der Waals surface area contributed by atoms with Gasteiger partial charge < -0.3 is 15.5 Å². The highest BCUT2D eigenvalue weighted by molar-refractivity contribution is 7.98. The maximum Gasteiger partial charge on any atom is 0.322 e. The van der Waals surface area contributed by atoms with Crippen LogP contribution in [0, 0.1) is 0 Å². The predicted molar refractivity (Wildman–Crippen MR) is 109 cm³/mol. The number of hydrogen-bond acceptors (Lipinski definition) is 6. The fraction of sp³-hybridized carbons (Fsp3) is 0.300. The number of hydrogen-bond donors (Lipinski definition) is 3. The van der Waals surface area contributed by atoms with Crippen molar-refractivity contribution in [1.29, 1.82) is 0 Å². The lowest BCUT2D eigenvalue weighted by molar-refractivity contribution is -0.135. The number of fused-ring (bicyclic) bond motifs is 1. The largest absolute Gasteiger partial charge is 0.507 e. The van der Waals surface area contributed by atoms with Gasteiger partial charge >= 0.3 is 5.97 Å². The Hall–Kier alpha value is -3.07. The Morgan fingerprint density at radius 2 is 1.90 bits per heavy atom. The van der Waals surface area contributed by atoms with Gasteiger partial charge in [0.05, 0.1) is 0 Å². The molecule has 0 aliphatic rings. The summed E-state index contributed by atoms with van der Waals surface area (Å²) in [6.45, 7) is 5.93. The number of rotatable bonds is 6. The molecule has 2 heterocycles. The molecule has 9 heteroatoms. The number of benzene rings is 1. The third-order valence-electron chi connectivity index (χ3n) is 4.33. The van der Waals surface area contributed by atoms with Gasteiger partial charge in [0.1, 0.15) is 29.2 Å². The number of aromatic nitrogens is 3. The molecule has 0 aliphatic heterocycles. The molecule has 0 unspecified atom stereocenters. The predicted octanol–water partition coefficient (Wildman–Crippen LogP) is 2.84. The van der Waals surface area contributed by atoms with Crippen LogP contribution in [-0.4, -0.2) is 43.2 Å². The Morgan fingerprint density at radius 1 is 1.21 bits per heavy atom. The van der Waals surface area contributed by atoms with E-state index < -0.39 is 18.4 Å². The summed E-state index contributed by atoms with van der Waals surface area (Å²) >= 11 is 1.45. The molecule has 8 nitrogen and oxygen atoms in total. The number of amides is 1. The SMILES string of the molecule is CC(C)(C)c1ccc(CSc2cc(O)c(C(=O)NCC(=O)O)c3ncnn23)cc1. The van der Waals surface area contributed by atoms with Gasteiger partial charge in [0.2, 0.25) is 0 Å². The summed E-state index contributed by atoms with van der Waals surface area (Å²) in [7, 11) is 0. The zero-order valence-electron chi connectivity index (χ0n) is 16.3. The highest BCUT2D eigenvalue weighted by atomic mass is 32.2. The van der Waals surface area contributed by atoms with Crippen LogP contribution in [0.4, 0.5) is 0 Å². The topological polar surface area (TPSA) is 117 Å². The van der Waals surface area contributed by atoms with Crippen molar-refractivity contribution in [3.63, 3.8) is 0 Å². The van der Waals surface area contributed by atoms with Crippen molar-refractivity contribution in [3.05, 3.63) is 53.3 Å². The van der Waals surface area contributed by atoms with Crippen molar-refractivity contribution in [1.82, 2.24) is 19.9 Å². The molecule has 0 bridgehead atoms. The first-order chi connectivity index (χ1) is 13.7. The van der Waals surface area contributed by atoms with Crippen LogP contribution in [0.25, 0.3) is 5.65 Å². The molecule has 0 atom stereocenters. The minimum absolute atomic E-state index is 0.0847. The molecule has 3 aromatic rings. The average Bonchev–Trinajstić information content (AvgIpc) is 3.13. The lowest BCUT2D eigenvalue weighted by atomic mass is 9.87. The van der Waals surface area contributed by atoms with Crippen LogP contribution < -0.4 is 5.32 Å². The number of aliphatic carboxylic acids is 1. The maximum atomic E-state index is 12.3. The Bertz CT molecular complexity index is 1050. The van der Waals surface area contributed by atoms with Crippen LogP contribution in [-0.2, 0) is 16.0 Å². The van der Waals surface area contributed by atoms with E-state index in [9.17, 15) is 14.7 Å². The van der Waals surface area contributed by atoms with E-state index in [1.807, 2.05) is 0 Å². The van der Waals surface area contributed by atoms with E-state index in [4.69, 9.17) is 5.11 Å². The van der Waals surface area contributed by atoms with E-state index in [0.29, 0.717) is 10.8 Å². The standard InChI is InChI=1S/C20H22N4O4S/c1-20(2,3)13-6-4-12(5-7-13)10-29-15-8-14(25)17(18-22-11-23-24(15)18)19(28)21-9-16(26)27/h4-8,11,25H,9-10H2,1-3H3,(H,21,28)(H,26,27). The third kappa shape index (κ3) is 4.68. The van der Waals surface area contributed by atoms with Crippen LogP contribution >= 0.6 is 11.8 Å². The zero-order valence-corrected chi connectivity index (χ0v) is 17.2. The number of carbonyl (C=O) groups is 2. The number of carboxylic acids is 1. The molecule has 2 aromatic heterocycles. The molecule has 152 valence electrons. The molecular formula is C20H22N4O4S. The average molecular weight is 414 g/mol. The second kappa shape index (κ2) is 8.12. The van der Waals surface area contributed by atoms with Gasteiger partial charge in [-0.2, -0.15) is 5.10 Å². The van der Waals surface area contributed by atoms with Crippen molar-refractivity contribution >= 4 is 29.3 Å². The second-order valence-electron chi connectivity index (χ2n) is 7.55. The van der Waals surface area contributed by atoms with Gasteiger partial charge in [0, 0.05) is 11.8 Å². The van der Waals surface area contributed by atoms with Crippen molar-refractivity contribution in [2.45, 2.75) is 37.0 Å². The summed E-state index contributed by atoms with van der Waals surface area (Å²) in [5.41, 5.74) is 2.50. The maximum absolute atomic E-state index is 12.3. The fourth-order valence-corrected chi connectivity index (χ4v) is 3.72. The molecule has 0 saturated carbocycles. The Morgan fingerprint density at radius 3 is 2.52 bits per heavy atom. The summed E-state index contributed by atoms with van der Waals surface area (Å²) in [5.74, 6) is -1.54. The molecule has 1 aromatic carbocycles. The normalized spacial score (nSPS) is 11.6. The number of thioether (sulfide) groups is 1.